The molecule has 5 heteroatoms. The summed E-state index contributed by atoms with van der Waals surface area (Å²) in [5.74, 6) is 0.229. The number of nitrogens with one attached hydrogen (secondary N) is 3. The first-order chi connectivity index (χ1) is 9.61. The quantitative estimate of drug-likeness (QED) is 0.590. The Morgan fingerprint density at radius 2 is 1.90 bits per heavy atom. The van der Waals surface area contributed by atoms with Crippen molar-refractivity contribution in [3.05, 3.63) is 58.5 Å². The summed E-state index contributed by atoms with van der Waals surface area (Å²) in [6, 6.07) is 12.8. The number of H-pyrrole nitrogens is 2. The number of benzene rings is 2. The molecular weight excluding hydrogens is 254 g/mol. The molecule has 1 atom stereocenters. The minimum absolute atomic E-state index is 0.0552. The van der Waals surface area contributed by atoms with Crippen LogP contribution in [0, 0.1) is 0 Å². The Bertz CT molecular complexity index is 804. The van der Waals surface area contributed by atoms with E-state index in [2.05, 4.69) is 15.3 Å². The maximum atomic E-state index is 11.2. The summed E-state index contributed by atoms with van der Waals surface area (Å²) in [5.41, 5.74) is 3.28. The molecule has 0 aliphatic heterocycles. The van der Waals surface area contributed by atoms with Crippen LogP contribution in [0.1, 0.15) is 18.5 Å². The predicted molar refractivity (Wildman–Crippen MR) is 79.1 cm³/mol. The van der Waals surface area contributed by atoms with Crippen LogP contribution in [-0.4, -0.2) is 15.1 Å². The van der Waals surface area contributed by atoms with Gasteiger partial charge in [0.05, 0.1) is 11.0 Å². The molecule has 2 aromatic carbocycles. The monoisotopic (exact) mass is 269 g/mol. The van der Waals surface area contributed by atoms with Gasteiger partial charge >= 0.3 is 5.69 Å². The zero-order valence-electron chi connectivity index (χ0n) is 11.0. The fraction of sp³-hybridized carbons (Fsp3) is 0.133. The minimum atomic E-state index is -0.203. The fourth-order valence-electron chi connectivity index (χ4n) is 2.25. The van der Waals surface area contributed by atoms with Gasteiger partial charge in [0.2, 0.25) is 0 Å². The number of aromatic amines is 2. The third kappa shape index (κ3) is 2.38. The highest BCUT2D eigenvalue weighted by atomic mass is 16.3. The molecule has 102 valence electrons. The maximum Gasteiger partial charge on any atom is 0.323 e. The SMILES string of the molecule is CC(Nc1cccc(O)c1)c1ccc2[nH]c(=O)[nH]c2c1. The fourth-order valence-corrected chi connectivity index (χ4v) is 2.25. The standard InChI is InChI=1S/C15H15N3O2/c1-9(16-11-3-2-4-12(19)8-11)10-5-6-13-14(7-10)18-15(20)17-13/h2-9,16,19H,1H3,(H2,17,18,20). The average molecular weight is 269 g/mol. The average Bonchev–Trinajstić information content (AvgIpc) is 2.77. The second-order valence-electron chi connectivity index (χ2n) is 4.80. The molecular formula is C15H15N3O2. The van der Waals surface area contributed by atoms with Crippen molar-refractivity contribution in [1.82, 2.24) is 9.97 Å². The van der Waals surface area contributed by atoms with Crippen LogP contribution < -0.4 is 11.0 Å². The Morgan fingerprint density at radius 1 is 1.10 bits per heavy atom. The van der Waals surface area contributed by atoms with Crippen LogP contribution in [0.5, 0.6) is 5.75 Å². The lowest BCUT2D eigenvalue weighted by atomic mass is 10.1. The molecule has 0 saturated carbocycles. The first-order valence-electron chi connectivity index (χ1n) is 6.39. The number of aromatic nitrogens is 2. The number of hydrogen-bond acceptors (Lipinski definition) is 3. The van der Waals surface area contributed by atoms with Gasteiger partial charge in [-0.1, -0.05) is 12.1 Å². The topological polar surface area (TPSA) is 80.9 Å². The van der Waals surface area contributed by atoms with Gasteiger partial charge in [0.15, 0.2) is 0 Å². The van der Waals surface area contributed by atoms with Crippen LogP contribution in [0.15, 0.2) is 47.3 Å². The van der Waals surface area contributed by atoms with E-state index in [0.717, 1.165) is 22.3 Å². The van der Waals surface area contributed by atoms with Gasteiger partial charge in [-0.25, -0.2) is 4.79 Å². The lowest BCUT2D eigenvalue weighted by molar-refractivity contribution is 0.475. The molecule has 0 saturated heterocycles. The van der Waals surface area contributed by atoms with Crippen molar-refractivity contribution in [2.45, 2.75) is 13.0 Å². The van der Waals surface area contributed by atoms with E-state index in [4.69, 9.17) is 0 Å². The van der Waals surface area contributed by atoms with Gasteiger partial charge < -0.3 is 20.4 Å². The van der Waals surface area contributed by atoms with E-state index in [1.165, 1.54) is 0 Å². The van der Waals surface area contributed by atoms with Crippen LogP contribution in [0.3, 0.4) is 0 Å². The third-order valence-electron chi connectivity index (χ3n) is 3.27. The number of phenolic OH excluding ortho intramolecular Hbond substituents is 1. The molecule has 1 unspecified atom stereocenters. The van der Waals surface area contributed by atoms with Crippen molar-refractivity contribution in [1.29, 1.82) is 0 Å². The summed E-state index contributed by atoms with van der Waals surface area (Å²) in [7, 11) is 0. The summed E-state index contributed by atoms with van der Waals surface area (Å²) >= 11 is 0. The number of aromatic hydroxyl groups is 1. The zero-order chi connectivity index (χ0) is 14.1. The molecule has 20 heavy (non-hydrogen) atoms. The summed E-state index contributed by atoms with van der Waals surface area (Å²) in [4.78, 5) is 16.7. The Kier molecular flexibility index (Phi) is 2.95. The molecule has 0 fully saturated rings. The molecule has 3 rings (SSSR count). The Morgan fingerprint density at radius 3 is 2.70 bits per heavy atom. The lowest BCUT2D eigenvalue weighted by Crippen LogP contribution is -2.06. The van der Waals surface area contributed by atoms with E-state index in [0.29, 0.717) is 0 Å². The molecule has 0 aliphatic carbocycles. The van der Waals surface area contributed by atoms with Gasteiger partial charge in [0, 0.05) is 17.8 Å². The van der Waals surface area contributed by atoms with Gasteiger partial charge in [-0.05, 0) is 36.8 Å². The molecule has 3 aromatic rings. The van der Waals surface area contributed by atoms with Gasteiger partial charge in [-0.2, -0.15) is 0 Å². The minimum Gasteiger partial charge on any atom is -0.508 e. The first kappa shape index (κ1) is 12.3. The highest BCUT2D eigenvalue weighted by Gasteiger charge is 2.07. The smallest absolute Gasteiger partial charge is 0.323 e. The van der Waals surface area contributed by atoms with Gasteiger partial charge in [-0.15, -0.1) is 0 Å². The van der Waals surface area contributed by atoms with Crippen molar-refractivity contribution >= 4 is 16.7 Å². The van der Waals surface area contributed by atoms with Crippen LogP contribution in [0.25, 0.3) is 11.0 Å². The van der Waals surface area contributed by atoms with E-state index in [1.54, 1.807) is 18.2 Å². The highest BCUT2D eigenvalue weighted by molar-refractivity contribution is 5.75. The maximum absolute atomic E-state index is 11.2. The first-order valence-corrected chi connectivity index (χ1v) is 6.39. The zero-order valence-corrected chi connectivity index (χ0v) is 11.0. The second kappa shape index (κ2) is 4.77. The van der Waals surface area contributed by atoms with Crippen molar-refractivity contribution in [2.24, 2.45) is 0 Å². The number of anilines is 1. The molecule has 1 heterocycles. The molecule has 0 aliphatic rings. The number of hydrogen-bond donors (Lipinski definition) is 4. The number of imidazole rings is 1. The molecule has 5 nitrogen and oxygen atoms in total. The van der Waals surface area contributed by atoms with Gasteiger partial charge in [-0.3, -0.25) is 0 Å². The molecule has 4 N–H and O–H groups in total. The van der Waals surface area contributed by atoms with Crippen LogP contribution >= 0.6 is 0 Å². The summed E-state index contributed by atoms with van der Waals surface area (Å²) in [5, 5.41) is 12.8. The van der Waals surface area contributed by atoms with Crippen molar-refractivity contribution in [3.8, 4) is 5.75 Å². The predicted octanol–water partition coefficient (Wildman–Crippen LogP) is 2.73. The Labute approximate surface area is 115 Å². The molecule has 0 amide bonds. The molecule has 0 radical (unpaired) electrons. The van der Waals surface area contributed by atoms with Gasteiger partial charge in [0.25, 0.3) is 0 Å². The summed E-state index contributed by atoms with van der Waals surface area (Å²) < 4.78 is 0. The van der Waals surface area contributed by atoms with E-state index in [-0.39, 0.29) is 17.5 Å². The van der Waals surface area contributed by atoms with Crippen molar-refractivity contribution in [2.75, 3.05) is 5.32 Å². The molecule has 0 spiro atoms. The highest BCUT2D eigenvalue weighted by Crippen LogP contribution is 2.23. The number of phenols is 1. The largest absolute Gasteiger partial charge is 0.508 e. The molecule has 0 bridgehead atoms. The number of fused-ring (bicyclic) bond motifs is 1. The molecule has 1 aromatic heterocycles. The summed E-state index contributed by atoms with van der Waals surface area (Å²) in [6.07, 6.45) is 0. The Hall–Kier alpha value is -2.69. The van der Waals surface area contributed by atoms with E-state index >= 15 is 0 Å². The normalized spacial score (nSPS) is 12.4. The van der Waals surface area contributed by atoms with E-state index < -0.39 is 0 Å². The Balaban J connectivity index is 1.88. The van der Waals surface area contributed by atoms with Crippen LogP contribution in [-0.2, 0) is 0 Å². The lowest BCUT2D eigenvalue weighted by Gasteiger charge is -2.16. The van der Waals surface area contributed by atoms with Crippen molar-refractivity contribution < 1.29 is 5.11 Å². The number of rotatable bonds is 3. The second-order valence-corrected chi connectivity index (χ2v) is 4.80. The summed E-state index contributed by atoms with van der Waals surface area (Å²) in [6.45, 7) is 2.02. The van der Waals surface area contributed by atoms with Gasteiger partial charge in [0.1, 0.15) is 5.75 Å². The van der Waals surface area contributed by atoms with Crippen LogP contribution in [0.4, 0.5) is 5.69 Å². The third-order valence-corrected chi connectivity index (χ3v) is 3.27. The van der Waals surface area contributed by atoms with Crippen LogP contribution in [0.2, 0.25) is 0 Å². The van der Waals surface area contributed by atoms with E-state index in [1.807, 2.05) is 31.2 Å². The van der Waals surface area contributed by atoms with E-state index in [9.17, 15) is 9.90 Å². The van der Waals surface area contributed by atoms with Crippen molar-refractivity contribution in [3.63, 3.8) is 0 Å².